The molecule has 23 heavy (non-hydrogen) atoms. The fraction of sp³-hybridized carbons (Fsp3) is 0. The summed E-state index contributed by atoms with van der Waals surface area (Å²) in [6.07, 6.45) is 6.51. The standard InChI is InChI=1S/C18H11ClN2O2/c19-13-1-2-15-14(9-13)16(11-3-6-20-7-4-11)17(18(22)21-15)12-5-8-23-10-12/h1-10H,(H,21,22). The van der Waals surface area contributed by atoms with Crippen molar-refractivity contribution in [3.05, 3.63) is 76.7 Å². The number of halogens is 1. The summed E-state index contributed by atoms with van der Waals surface area (Å²) in [4.78, 5) is 19.6. The third-order valence-electron chi connectivity index (χ3n) is 3.76. The molecular weight excluding hydrogens is 312 g/mol. The predicted molar refractivity (Wildman–Crippen MR) is 90.5 cm³/mol. The van der Waals surface area contributed by atoms with Crippen LogP contribution in [0.2, 0.25) is 5.02 Å². The van der Waals surface area contributed by atoms with Crippen LogP contribution < -0.4 is 5.56 Å². The summed E-state index contributed by atoms with van der Waals surface area (Å²) in [5, 5.41) is 1.48. The van der Waals surface area contributed by atoms with Crippen molar-refractivity contribution in [1.82, 2.24) is 9.97 Å². The van der Waals surface area contributed by atoms with Crippen molar-refractivity contribution < 1.29 is 4.42 Å². The van der Waals surface area contributed by atoms with Crippen molar-refractivity contribution in [1.29, 1.82) is 0 Å². The molecule has 0 amide bonds. The number of H-pyrrole nitrogens is 1. The van der Waals surface area contributed by atoms with Gasteiger partial charge in [-0.3, -0.25) is 9.78 Å². The molecule has 0 aliphatic carbocycles. The molecule has 0 atom stereocenters. The lowest BCUT2D eigenvalue weighted by Crippen LogP contribution is -2.11. The minimum absolute atomic E-state index is 0.173. The molecule has 1 aromatic carbocycles. The van der Waals surface area contributed by atoms with E-state index in [2.05, 4.69) is 9.97 Å². The molecule has 4 aromatic rings. The molecule has 0 radical (unpaired) electrons. The monoisotopic (exact) mass is 322 g/mol. The highest BCUT2D eigenvalue weighted by atomic mass is 35.5. The van der Waals surface area contributed by atoms with E-state index in [0.717, 1.165) is 27.6 Å². The van der Waals surface area contributed by atoms with Gasteiger partial charge in [0.25, 0.3) is 5.56 Å². The molecule has 3 heterocycles. The van der Waals surface area contributed by atoms with Gasteiger partial charge in [0.05, 0.1) is 18.1 Å². The molecule has 0 aliphatic heterocycles. The van der Waals surface area contributed by atoms with Gasteiger partial charge < -0.3 is 9.40 Å². The molecule has 0 saturated heterocycles. The third kappa shape index (κ3) is 2.33. The van der Waals surface area contributed by atoms with Gasteiger partial charge in [0.15, 0.2) is 0 Å². The predicted octanol–water partition coefficient (Wildman–Crippen LogP) is 4.50. The van der Waals surface area contributed by atoms with Gasteiger partial charge in [-0.25, -0.2) is 0 Å². The number of fused-ring (bicyclic) bond motifs is 1. The average molecular weight is 323 g/mol. The number of benzene rings is 1. The second-order valence-electron chi connectivity index (χ2n) is 5.14. The first-order valence-corrected chi connectivity index (χ1v) is 7.40. The van der Waals surface area contributed by atoms with Gasteiger partial charge >= 0.3 is 0 Å². The number of hydrogen-bond donors (Lipinski definition) is 1. The van der Waals surface area contributed by atoms with Crippen LogP contribution in [0.25, 0.3) is 33.2 Å². The second kappa shape index (κ2) is 5.41. The smallest absolute Gasteiger partial charge is 0.257 e. The van der Waals surface area contributed by atoms with E-state index in [1.807, 2.05) is 24.3 Å². The Balaban J connectivity index is 2.20. The van der Waals surface area contributed by atoms with Crippen molar-refractivity contribution in [2.24, 2.45) is 0 Å². The Morgan fingerprint density at radius 3 is 2.57 bits per heavy atom. The molecular formula is C18H11ClN2O2. The zero-order valence-corrected chi connectivity index (χ0v) is 12.7. The van der Waals surface area contributed by atoms with Crippen LogP contribution in [0.1, 0.15) is 0 Å². The van der Waals surface area contributed by atoms with Crippen LogP contribution in [0.4, 0.5) is 0 Å². The van der Waals surface area contributed by atoms with Crippen LogP contribution in [0.5, 0.6) is 0 Å². The number of rotatable bonds is 2. The van der Waals surface area contributed by atoms with E-state index in [1.165, 1.54) is 0 Å². The molecule has 1 N–H and O–H groups in total. The Kier molecular flexibility index (Phi) is 3.24. The maximum Gasteiger partial charge on any atom is 0.257 e. The second-order valence-corrected chi connectivity index (χ2v) is 5.58. The molecule has 3 aromatic heterocycles. The lowest BCUT2D eigenvalue weighted by molar-refractivity contribution is 0.568. The third-order valence-corrected chi connectivity index (χ3v) is 3.99. The maximum absolute atomic E-state index is 12.7. The maximum atomic E-state index is 12.7. The highest BCUT2D eigenvalue weighted by molar-refractivity contribution is 6.31. The van der Waals surface area contributed by atoms with Gasteiger partial charge in [-0.05, 0) is 42.0 Å². The summed E-state index contributed by atoms with van der Waals surface area (Å²) in [5.41, 5.74) is 3.55. The van der Waals surface area contributed by atoms with E-state index in [0.29, 0.717) is 10.6 Å². The fourth-order valence-electron chi connectivity index (χ4n) is 2.77. The first-order valence-electron chi connectivity index (χ1n) is 7.02. The fourth-order valence-corrected chi connectivity index (χ4v) is 2.94. The highest BCUT2D eigenvalue weighted by Crippen LogP contribution is 2.35. The van der Waals surface area contributed by atoms with E-state index in [4.69, 9.17) is 16.0 Å². The zero-order chi connectivity index (χ0) is 15.8. The summed E-state index contributed by atoms with van der Waals surface area (Å²) in [6, 6.07) is 10.9. The van der Waals surface area contributed by atoms with E-state index < -0.39 is 0 Å². The van der Waals surface area contributed by atoms with E-state index in [9.17, 15) is 4.79 Å². The zero-order valence-electron chi connectivity index (χ0n) is 11.9. The number of aromatic amines is 1. The van der Waals surface area contributed by atoms with Crippen molar-refractivity contribution in [3.8, 4) is 22.3 Å². The molecule has 0 aliphatic rings. The summed E-state index contributed by atoms with van der Waals surface area (Å²) >= 11 is 6.17. The molecule has 0 unspecified atom stereocenters. The van der Waals surface area contributed by atoms with Crippen LogP contribution in [0, 0.1) is 0 Å². The largest absolute Gasteiger partial charge is 0.472 e. The summed E-state index contributed by atoms with van der Waals surface area (Å²) < 4.78 is 5.16. The number of hydrogen-bond acceptors (Lipinski definition) is 3. The van der Waals surface area contributed by atoms with Crippen LogP contribution in [-0.2, 0) is 0 Å². The van der Waals surface area contributed by atoms with Crippen LogP contribution in [0.15, 0.2) is 70.5 Å². The van der Waals surface area contributed by atoms with Gasteiger partial charge in [-0.2, -0.15) is 0 Å². The van der Waals surface area contributed by atoms with E-state index in [-0.39, 0.29) is 5.56 Å². The highest BCUT2D eigenvalue weighted by Gasteiger charge is 2.17. The molecule has 0 saturated carbocycles. The van der Waals surface area contributed by atoms with E-state index in [1.54, 1.807) is 37.1 Å². The molecule has 112 valence electrons. The molecule has 0 bridgehead atoms. The number of nitrogens with one attached hydrogen (secondary N) is 1. The Bertz CT molecular complexity index is 1040. The number of aromatic nitrogens is 2. The minimum atomic E-state index is -0.173. The molecule has 5 heteroatoms. The number of nitrogens with zero attached hydrogens (tertiary/aromatic N) is 1. The van der Waals surface area contributed by atoms with Crippen LogP contribution in [-0.4, -0.2) is 9.97 Å². The van der Waals surface area contributed by atoms with Crippen LogP contribution >= 0.6 is 11.6 Å². The van der Waals surface area contributed by atoms with Crippen molar-refractivity contribution in [2.75, 3.05) is 0 Å². The SMILES string of the molecule is O=c1[nH]c2ccc(Cl)cc2c(-c2ccncc2)c1-c1ccoc1. The first-order chi connectivity index (χ1) is 11.2. The summed E-state index contributed by atoms with van der Waals surface area (Å²) in [6.45, 7) is 0. The van der Waals surface area contributed by atoms with Crippen molar-refractivity contribution >= 4 is 22.5 Å². The Hall–Kier alpha value is -2.85. The first kappa shape index (κ1) is 13.8. The normalized spacial score (nSPS) is 11.0. The van der Waals surface area contributed by atoms with Crippen molar-refractivity contribution in [3.63, 3.8) is 0 Å². The van der Waals surface area contributed by atoms with Gasteiger partial charge in [0.1, 0.15) is 0 Å². The molecule has 0 spiro atoms. The topological polar surface area (TPSA) is 58.9 Å². The number of pyridine rings is 2. The Morgan fingerprint density at radius 2 is 1.83 bits per heavy atom. The van der Waals surface area contributed by atoms with Crippen molar-refractivity contribution in [2.45, 2.75) is 0 Å². The minimum Gasteiger partial charge on any atom is -0.472 e. The lowest BCUT2D eigenvalue weighted by Gasteiger charge is -2.12. The van der Waals surface area contributed by atoms with E-state index >= 15 is 0 Å². The quantitative estimate of drug-likeness (QED) is 0.591. The van der Waals surface area contributed by atoms with Gasteiger partial charge in [0.2, 0.25) is 0 Å². The molecule has 4 rings (SSSR count). The average Bonchev–Trinajstić information content (AvgIpc) is 3.09. The van der Waals surface area contributed by atoms with Gasteiger partial charge in [-0.1, -0.05) is 11.6 Å². The molecule has 4 nitrogen and oxygen atoms in total. The lowest BCUT2D eigenvalue weighted by atomic mass is 9.94. The van der Waals surface area contributed by atoms with Gasteiger partial charge in [-0.15, -0.1) is 0 Å². The molecule has 0 fully saturated rings. The Labute approximate surface area is 136 Å². The van der Waals surface area contributed by atoms with Gasteiger partial charge in [0, 0.05) is 39.4 Å². The van der Waals surface area contributed by atoms with Crippen LogP contribution in [0.3, 0.4) is 0 Å². The summed E-state index contributed by atoms with van der Waals surface area (Å²) in [5.74, 6) is 0. The number of furan rings is 1. The Morgan fingerprint density at radius 1 is 1.00 bits per heavy atom. The summed E-state index contributed by atoms with van der Waals surface area (Å²) in [7, 11) is 0.